The van der Waals surface area contributed by atoms with Gasteiger partial charge in [0, 0.05) is 37.6 Å². The maximum absolute atomic E-state index is 13.9. The second-order valence-electron chi connectivity index (χ2n) is 12.5. The Kier molecular flexibility index (Phi) is 9.40. The number of aliphatic hydroxyl groups is 1. The molecule has 0 unspecified atom stereocenters. The van der Waals surface area contributed by atoms with Gasteiger partial charge >= 0.3 is 0 Å². The van der Waals surface area contributed by atoms with Gasteiger partial charge < -0.3 is 14.9 Å². The molecule has 0 bridgehead atoms. The van der Waals surface area contributed by atoms with E-state index in [2.05, 4.69) is 29.1 Å². The predicted molar refractivity (Wildman–Crippen MR) is 155 cm³/mol. The van der Waals surface area contributed by atoms with Gasteiger partial charge in [-0.15, -0.1) is 11.3 Å². The van der Waals surface area contributed by atoms with Gasteiger partial charge in [-0.2, -0.15) is 0 Å². The van der Waals surface area contributed by atoms with Crippen molar-refractivity contribution < 1.29 is 19.5 Å². The third-order valence-corrected chi connectivity index (χ3v) is 9.46. The molecule has 2 aliphatic heterocycles. The number of rotatable bonds is 9. The number of carbonyl (C=O) groups excluding carboxylic acids is 3. The summed E-state index contributed by atoms with van der Waals surface area (Å²) in [5, 5.41) is 10.5. The van der Waals surface area contributed by atoms with Crippen molar-refractivity contribution >= 4 is 28.8 Å². The molecule has 1 N–H and O–H groups in total. The first-order chi connectivity index (χ1) is 18.4. The molecule has 2 aliphatic rings. The molecule has 1 aromatic carbocycles. The minimum Gasteiger partial charge on any atom is -0.391 e. The zero-order valence-electron chi connectivity index (χ0n) is 24.0. The normalized spacial score (nSPS) is 21.7. The van der Waals surface area contributed by atoms with Crippen LogP contribution >= 0.6 is 11.3 Å². The summed E-state index contributed by atoms with van der Waals surface area (Å²) in [7, 11) is 2.07. The van der Waals surface area contributed by atoms with Crippen LogP contribution in [0.2, 0.25) is 0 Å². The Morgan fingerprint density at radius 3 is 2.36 bits per heavy atom. The Balaban J connectivity index is 1.40. The second-order valence-corrected chi connectivity index (χ2v) is 13.3. The minimum absolute atomic E-state index is 0.00757. The molecule has 7 nitrogen and oxygen atoms in total. The summed E-state index contributed by atoms with van der Waals surface area (Å²) < 4.78 is 0. The number of likely N-dealkylation sites (tertiary alicyclic amines) is 2. The lowest BCUT2D eigenvalue weighted by Gasteiger charge is -2.36. The number of nitrogens with zero attached hydrogens (tertiary/aromatic N) is 3. The van der Waals surface area contributed by atoms with Gasteiger partial charge in [-0.1, -0.05) is 45.0 Å². The molecule has 0 saturated carbocycles. The van der Waals surface area contributed by atoms with E-state index in [0.717, 1.165) is 47.6 Å². The van der Waals surface area contributed by atoms with Crippen molar-refractivity contribution in [3.8, 4) is 10.4 Å². The van der Waals surface area contributed by atoms with Crippen molar-refractivity contribution in [3.63, 3.8) is 0 Å². The Bertz CT molecular complexity index is 1160. The van der Waals surface area contributed by atoms with Crippen LogP contribution in [0.25, 0.3) is 10.4 Å². The summed E-state index contributed by atoms with van der Waals surface area (Å²) in [5.74, 6) is -0.588. The van der Waals surface area contributed by atoms with Gasteiger partial charge in [0.05, 0.1) is 28.2 Å². The summed E-state index contributed by atoms with van der Waals surface area (Å²) >= 11 is 1.61. The Labute approximate surface area is 236 Å². The van der Waals surface area contributed by atoms with Crippen molar-refractivity contribution in [2.45, 2.75) is 78.4 Å². The number of aromatic nitrogens is 1. The quantitative estimate of drug-likeness (QED) is 0.490. The molecule has 2 saturated heterocycles. The van der Waals surface area contributed by atoms with Gasteiger partial charge in [0.2, 0.25) is 5.91 Å². The topological polar surface area (TPSA) is 90.8 Å². The lowest BCUT2D eigenvalue weighted by molar-refractivity contribution is -0.146. The smallest absolute Gasteiger partial charge is 0.227 e. The zero-order chi connectivity index (χ0) is 28.3. The number of ketones is 2. The first kappa shape index (κ1) is 29.6. The van der Waals surface area contributed by atoms with Crippen molar-refractivity contribution in [2.75, 3.05) is 26.7 Å². The fourth-order valence-electron chi connectivity index (χ4n) is 5.86. The van der Waals surface area contributed by atoms with E-state index in [9.17, 15) is 19.5 Å². The number of benzene rings is 1. The molecule has 3 atom stereocenters. The van der Waals surface area contributed by atoms with E-state index in [4.69, 9.17) is 0 Å². The van der Waals surface area contributed by atoms with Crippen LogP contribution < -0.4 is 0 Å². The number of carbonyl (C=O) groups is 3. The van der Waals surface area contributed by atoms with E-state index in [1.165, 1.54) is 0 Å². The molecule has 212 valence electrons. The average molecular weight is 554 g/mol. The molecule has 8 heteroatoms. The first-order valence-corrected chi connectivity index (χ1v) is 15.0. The highest BCUT2D eigenvalue weighted by Gasteiger charge is 2.44. The molecular weight excluding hydrogens is 510 g/mol. The van der Waals surface area contributed by atoms with Crippen molar-refractivity contribution in [1.82, 2.24) is 14.8 Å². The number of Topliss-reactive ketones (excluding diaryl/α,β-unsaturated/α-hetero) is 2. The second kappa shape index (κ2) is 12.4. The first-order valence-electron chi connectivity index (χ1n) is 14.2. The Morgan fingerprint density at radius 2 is 1.77 bits per heavy atom. The molecule has 0 aliphatic carbocycles. The summed E-state index contributed by atoms with van der Waals surface area (Å²) in [4.78, 5) is 49.7. The highest BCUT2D eigenvalue weighted by atomic mass is 32.1. The van der Waals surface area contributed by atoms with Crippen LogP contribution in [-0.2, 0) is 20.8 Å². The number of piperidine rings is 1. The molecule has 0 spiro atoms. The van der Waals surface area contributed by atoms with E-state index in [0.29, 0.717) is 12.8 Å². The zero-order valence-corrected chi connectivity index (χ0v) is 24.8. The van der Waals surface area contributed by atoms with Crippen LogP contribution in [0.3, 0.4) is 0 Å². The maximum atomic E-state index is 13.9. The average Bonchev–Trinajstić information content (AvgIpc) is 3.50. The number of aryl methyl sites for hydroxylation is 2. The van der Waals surface area contributed by atoms with Gasteiger partial charge in [0.1, 0.15) is 5.78 Å². The molecule has 1 aromatic heterocycles. The predicted octanol–water partition coefficient (Wildman–Crippen LogP) is 4.55. The summed E-state index contributed by atoms with van der Waals surface area (Å²) in [5.41, 5.74) is 4.59. The largest absolute Gasteiger partial charge is 0.391 e. The van der Waals surface area contributed by atoms with Crippen molar-refractivity contribution in [3.05, 3.63) is 41.0 Å². The fourth-order valence-corrected chi connectivity index (χ4v) is 6.67. The highest BCUT2D eigenvalue weighted by molar-refractivity contribution is 7.13. The highest BCUT2D eigenvalue weighted by Crippen LogP contribution is 2.35. The van der Waals surface area contributed by atoms with Crippen LogP contribution in [-0.4, -0.2) is 76.2 Å². The standard InChI is InChI=1S/C31H43N3O4S/c1-20-29(39-19-32-20)23-9-6-21(7-10-23)8-11-27(36)26-16-24(35)18-34(26)30(38)25(31(2,3)4)17-28(37)22-12-14-33(5)15-13-22/h6-7,9-10,19,22,24-26,35H,8,11-18H2,1-5H3/t24-,25-,26+/m1/s1. The van der Waals surface area contributed by atoms with E-state index in [1.54, 1.807) is 16.2 Å². The summed E-state index contributed by atoms with van der Waals surface area (Å²) in [6, 6.07) is 7.56. The van der Waals surface area contributed by atoms with Crippen LogP contribution in [0.5, 0.6) is 0 Å². The molecule has 2 fully saturated rings. The molecule has 4 rings (SSSR count). The van der Waals surface area contributed by atoms with Crippen LogP contribution in [0.15, 0.2) is 29.8 Å². The van der Waals surface area contributed by atoms with Gasteiger partial charge in [-0.25, -0.2) is 4.98 Å². The molecular formula is C31H43N3O4S. The van der Waals surface area contributed by atoms with Crippen LogP contribution in [0.4, 0.5) is 0 Å². The number of β-amino-alcohol motifs (C(OH)–C–C–N with tert-alkyl or cyclic N) is 1. The number of aliphatic hydroxyl groups excluding tert-OH is 1. The Hall–Kier alpha value is -2.42. The van der Waals surface area contributed by atoms with Crippen LogP contribution in [0.1, 0.15) is 64.1 Å². The lowest BCUT2D eigenvalue weighted by Crippen LogP contribution is -2.48. The molecule has 2 aromatic rings. The van der Waals surface area contributed by atoms with Gasteiger partial charge in [0.15, 0.2) is 5.78 Å². The van der Waals surface area contributed by atoms with Crippen molar-refractivity contribution in [2.24, 2.45) is 17.3 Å². The Morgan fingerprint density at radius 1 is 1.10 bits per heavy atom. The monoisotopic (exact) mass is 553 g/mol. The van der Waals surface area contributed by atoms with Gasteiger partial charge in [0.25, 0.3) is 0 Å². The lowest BCUT2D eigenvalue weighted by atomic mass is 9.74. The fraction of sp³-hybridized carbons (Fsp3) is 0.613. The summed E-state index contributed by atoms with van der Waals surface area (Å²) in [6.07, 6.45) is 2.25. The van der Waals surface area contributed by atoms with Gasteiger partial charge in [-0.05, 0) is 62.9 Å². The van der Waals surface area contributed by atoms with E-state index in [1.807, 2.05) is 45.3 Å². The maximum Gasteiger partial charge on any atom is 0.227 e. The number of hydrogen-bond acceptors (Lipinski definition) is 7. The van der Waals surface area contributed by atoms with Gasteiger partial charge in [-0.3, -0.25) is 14.4 Å². The van der Waals surface area contributed by atoms with E-state index >= 15 is 0 Å². The number of hydrogen-bond donors (Lipinski definition) is 1. The number of amides is 1. The van der Waals surface area contributed by atoms with E-state index in [-0.39, 0.29) is 42.8 Å². The SMILES string of the molecule is Cc1ncsc1-c1ccc(CCC(=O)[C@@H]2C[C@@H](O)CN2C(=O)[C@@H](CC(=O)C2CCN(C)CC2)C(C)(C)C)cc1. The summed E-state index contributed by atoms with van der Waals surface area (Å²) in [6.45, 7) is 9.89. The molecule has 0 radical (unpaired) electrons. The molecule has 3 heterocycles. The van der Waals surface area contributed by atoms with E-state index < -0.39 is 23.5 Å². The third kappa shape index (κ3) is 7.21. The molecule has 1 amide bonds. The third-order valence-electron chi connectivity index (χ3n) is 8.48. The molecule has 39 heavy (non-hydrogen) atoms. The van der Waals surface area contributed by atoms with Crippen LogP contribution in [0, 0.1) is 24.2 Å². The minimum atomic E-state index is -0.727. The van der Waals surface area contributed by atoms with Crippen molar-refractivity contribution in [1.29, 1.82) is 0 Å². The number of thiazole rings is 1.